The van der Waals surface area contributed by atoms with E-state index in [1.54, 1.807) is 57.2 Å². The molecule has 6 nitrogen and oxygen atoms in total. The first-order valence-corrected chi connectivity index (χ1v) is 8.81. The zero-order chi connectivity index (χ0) is 20.3. The van der Waals surface area contributed by atoms with Gasteiger partial charge in [0.2, 0.25) is 0 Å². The standard InChI is InChI=1S/C22H22N2O4/c1-16(19-15-23(20(25)27-19)17-11-7-5-8-12-17)24(18-13-9-6-10-14-18)21(26)28-22(2,3)4/h5-15H,1H2,2-4H3. The number of amides is 1. The monoisotopic (exact) mass is 378 g/mol. The minimum Gasteiger partial charge on any atom is -0.443 e. The van der Waals surface area contributed by atoms with Gasteiger partial charge in [-0.1, -0.05) is 43.0 Å². The summed E-state index contributed by atoms with van der Waals surface area (Å²) < 4.78 is 12.3. The van der Waals surface area contributed by atoms with Crippen LogP contribution in [-0.4, -0.2) is 16.3 Å². The molecule has 28 heavy (non-hydrogen) atoms. The maximum absolute atomic E-state index is 12.9. The molecule has 0 saturated heterocycles. The fourth-order valence-electron chi connectivity index (χ4n) is 2.61. The fraction of sp³-hybridized carbons (Fsp3) is 0.182. The lowest BCUT2D eigenvalue weighted by atomic mass is 10.2. The van der Waals surface area contributed by atoms with Crippen LogP contribution in [0.15, 0.2) is 82.7 Å². The molecule has 0 spiro atoms. The van der Waals surface area contributed by atoms with Gasteiger partial charge < -0.3 is 9.15 Å². The third kappa shape index (κ3) is 4.23. The third-order valence-corrected chi connectivity index (χ3v) is 3.82. The number of oxazole rings is 1. The Hall–Kier alpha value is -3.54. The van der Waals surface area contributed by atoms with Gasteiger partial charge in [0, 0.05) is 0 Å². The van der Waals surface area contributed by atoms with Crippen LogP contribution in [0, 0.1) is 0 Å². The molecule has 0 aliphatic heterocycles. The number of hydrogen-bond acceptors (Lipinski definition) is 4. The molecule has 0 saturated carbocycles. The summed E-state index contributed by atoms with van der Waals surface area (Å²) in [5.41, 5.74) is 0.712. The highest BCUT2D eigenvalue weighted by Crippen LogP contribution is 2.27. The fourth-order valence-corrected chi connectivity index (χ4v) is 2.61. The Balaban J connectivity index is 2.01. The minimum absolute atomic E-state index is 0.170. The molecule has 0 aliphatic carbocycles. The van der Waals surface area contributed by atoms with Crippen molar-refractivity contribution in [2.24, 2.45) is 0 Å². The third-order valence-electron chi connectivity index (χ3n) is 3.82. The van der Waals surface area contributed by atoms with E-state index < -0.39 is 17.5 Å². The van der Waals surface area contributed by atoms with Gasteiger partial charge in [-0.3, -0.25) is 0 Å². The number of aromatic nitrogens is 1. The molecule has 1 heterocycles. The van der Waals surface area contributed by atoms with Crippen molar-refractivity contribution in [2.45, 2.75) is 26.4 Å². The first kappa shape index (κ1) is 19.2. The van der Waals surface area contributed by atoms with E-state index in [0.29, 0.717) is 11.4 Å². The van der Waals surface area contributed by atoms with Gasteiger partial charge in [0.05, 0.1) is 23.3 Å². The van der Waals surface area contributed by atoms with Crippen molar-refractivity contribution >= 4 is 17.5 Å². The molecular weight excluding hydrogens is 356 g/mol. The van der Waals surface area contributed by atoms with Crippen LogP contribution in [0.2, 0.25) is 0 Å². The van der Waals surface area contributed by atoms with Gasteiger partial charge >= 0.3 is 11.8 Å². The average molecular weight is 378 g/mol. The Morgan fingerprint density at radius 3 is 2.18 bits per heavy atom. The van der Waals surface area contributed by atoms with Gasteiger partial charge in [-0.25, -0.2) is 19.1 Å². The summed E-state index contributed by atoms with van der Waals surface area (Å²) in [6, 6.07) is 18.0. The number of rotatable bonds is 4. The number of carbonyl (C=O) groups is 1. The van der Waals surface area contributed by atoms with E-state index in [1.807, 2.05) is 24.3 Å². The number of para-hydroxylation sites is 2. The maximum Gasteiger partial charge on any atom is 0.424 e. The lowest BCUT2D eigenvalue weighted by Gasteiger charge is -2.27. The average Bonchev–Trinajstić information content (AvgIpc) is 3.04. The number of benzene rings is 2. The largest absolute Gasteiger partial charge is 0.443 e. The van der Waals surface area contributed by atoms with Crippen LogP contribution >= 0.6 is 0 Å². The quantitative estimate of drug-likeness (QED) is 0.651. The van der Waals surface area contributed by atoms with Crippen LogP contribution in [0.3, 0.4) is 0 Å². The van der Waals surface area contributed by atoms with Gasteiger partial charge in [-0.05, 0) is 45.0 Å². The molecule has 2 aromatic carbocycles. The SMILES string of the molecule is C=C(c1cn(-c2ccccc2)c(=O)o1)N(C(=O)OC(C)(C)C)c1ccccc1. The van der Waals surface area contributed by atoms with E-state index in [9.17, 15) is 9.59 Å². The van der Waals surface area contributed by atoms with E-state index >= 15 is 0 Å². The van der Waals surface area contributed by atoms with E-state index in [-0.39, 0.29) is 11.5 Å². The van der Waals surface area contributed by atoms with E-state index in [1.165, 1.54) is 15.7 Å². The molecule has 1 amide bonds. The number of ether oxygens (including phenoxy) is 1. The molecule has 0 fully saturated rings. The lowest BCUT2D eigenvalue weighted by molar-refractivity contribution is 0.0600. The number of nitrogens with zero attached hydrogens (tertiary/aromatic N) is 2. The molecular formula is C22H22N2O4. The van der Waals surface area contributed by atoms with Crippen LogP contribution in [0.1, 0.15) is 26.5 Å². The number of carbonyl (C=O) groups excluding carboxylic acids is 1. The van der Waals surface area contributed by atoms with Crippen LogP contribution in [0.25, 0.3) is 11.4 Å². The van der Waals surface area contributed by atoms with Crippen LogP contribution in [0.5, 0.6) is 0 Å². The smallest absolute Gasteiger partial charge is 0.424 e. The molecule has 0 radical (unpaired) electrons. The van der Waals surface area contributed by atoms with Gasteiger partial charge in [-0.2, -0.15) is 0 Å². The Bertz CT molecular complexity index is 1030. The minimum atomic E-state index is -0.693. The van der Waals surface area contributed by atoms with Crippen LogP contribution < -0.4 is 10.7 Å². The van der Waals surface area contributed by atoms with Crippen LogP contribution in [0.4, 0.5) is 10.5 Å². The Kier molecular flexibility index (Phi) is 5.22. The second-order valence-corrected chi connectivity index (χ2v) is 7.16. The molecule has 0 unspecified atom stereocenters. The van der Waals surface area contributed by atoms with Gasteiger partial charge in [0.1, 0.15) is 5.60 Å². The van der Waals surface area contributed by atoms with Crippen molar-refractivity contribution < 1.29 is 13.9 Å². The van der Waals surface area contributed by atoms with E-state index in [0.717, 1.165) is 0 Å². The summed E-state index contributed by atoms with van der Waals surface area (Å²) in [6.45, 7) is 9.32. The number of anilines is 1. The van der Waals surface area contributed by atoms with Gasteiger partial charge in [0.25, 0.3) is 0 Å². The summed E-state index contributed by atoms with van der Waals surface area (Å²) in [4.78, 5) is 26.5. The zero-order valence-corrected chi connectivity index (χ0v) is 16.1. The van der Waals surface area contributed by atoms with Crippen molar-refractivity contribution in [3.8, 4) is 5.69 Å². The van der Waals surface area contributed by atoms with E-state index in [4.69, 9.17) is 9.15 Å². The first-order valence-electron chi connectivity index (χ1n) is 8.81. The summed E-state index contributed by atoms with van der Waals surface area (Å²) >= 11 is 0. The maximum atomic E-state index is 12.9. The molecule has 3 aromatic rings. The molecule has 0 N–H and O–H groups in total. The van der Waals surface area contributed by atoms with Gasteiger partial charge in [-0.15, -0.1) is 0 Å². The van der Waals surface area contributed by atoms with Crippen LogP contribution in [-0.2, 0) is 4.74 Å². The second kappa shape index (κ2) is 7.60. The summed E-state index contributed by atoms with van der Waals surface area (Å²) in [6.07, 6.45) is 0.902. The Morgan fingerprint density at radius 2 is 1.61 bits per heavy atom. The highest BCUT2D eigenvalue weighted by molar-refractivity contribution is 6.01. The lowest BCUT2D eigenvalue weighted by Crippen LogP contribution is -2.35. The summed E-state index contributed by atoms with van der Waals surface area (Å²) in [5, 5.41) is 0. The summed E-state index contributed by atoms with van der Waals surface area (Å²) in [5.74, 6) is -0.400. The molecule has 0 aliphatic rings. The van der Waals surface area contributed by atoms with Gasteiger partial charge in [0.15, 0.2) is 5.76 Å². The molecule has 144 valence electrons. The van der Waals surface area contributed by atoms with Crippen molar-refractivity contribution in [3.05, 3.63) is 89.8 Å². The molecule has 0 bridgehead atoms. The van der Waals surface area contributed by atoms with Crippen molar-refractivity contribution in [1.29, 1.82) is 0 Å². The Labute approximate surface area is 163 Å². The van der Waals surface area contributed by atoms with Crippen molar-refractivity contribution in [1.82, 2.24) is 4.57 Å². The first-order chi connectivity index (χ1) is 13.3. The molecule has 1 aromatic heterocycles. The van der Waals surface area contributed by atoms with Crippen molar-refractivity contribution in [3.63, 3.8) is 0 Å². The Morgan fingerprint density at radius 1 is 1.04 bits per heavy atom. The zero-order valence-electron chi connectivity index (χ0n) is 16.1. The normalized spacial score (nSPS) is 11.1. The predicted octanol–water partition coefficient (Wildman–Crippen LogP) is 4.84. The summed E-state index contributed by atoms with van der Waals surface area (Å²) in [7, 11) is 0. The highest BCUT2D eigenvalue weighted by atomic mass is 16.6. The van der Waals surface area contributed by atoms with E-state index in [2.05, 4.69) is 6.58 Å². The van der Waals surface area contributed by atoms with Crippen molar-refractivity contribution in [2.75, 3.05) is 4.90 Å². The molecule has 6 heteroatoms. The predicted molar refractivity (Wildman–Crippen MR) is 108 cm³/mol. The number of hydrogen-bond donors (Lipinski definition) is 0. The molecule has 0 atom stereocenters. The molecule has 3 rings (SSSR count). The topological polar surface area (TPSA) is 64.7 Å². The highest BCUT2D eigenvalue weighted by Gasteiger charge is 2.28. The second-order valence-electron chi connectivity index (χ2n) is 7.16.